The van der Waals surface area contributed by atoms with Gasteiger partial charge < -0.3 is 14.5 Å². The Labute approximate surface area is 194 Å². The predicted octanol–water partition coefficient (Wildman–Crippen LogP) is 5.68. The van der Waals surface area contributed by atoms with Gasteiger partial charge in [0.25, 0.3) is 5.91 Å². The lowest BCUT2D eigenvalue weighted by molar-refractivity contribution is -0.138. The van der Waals surface area contributed by atoms with Crippen LogP contribution >= 0.6 is 0 Å². The van der Waals surface area contributed by atoms with Crippen molar-refractivity contribution in [3.63, 3.8) is 0 Å². The third kappa shape index (κ3) is 6.49. The Morgan fingerprint density at radius 1 is 1.00 bits per heavy atom. The van der Waals surface area contributed by atoms with E-state index in [1.54, 1.807) is 0 Å². The Kier molecular flexibility index (Phi) is 8.61. The number of ether oxygens (including phenoxy) is 1. The molecule has 0 saturated heterocycles. The number of carbonyl (C=O) groups is 2. The monoisotopic (exact) mass is 442 g/mol. The molecular formula is C27H42N2O3. The number of hydrogen-bond acceptors (Lipinski definition) is 3. The molecule has 1 aromatic rings. The van der Waals surface area contributed by atoms with Gasteiger partial charge in [0, 0.05) is 26.1 Å². The molecule has 2 amide bonds. The number of amides is 2. The van der Waals surface area contributed by atoms with Gasteiger partial charge in [-0.05, 0) is 56.6 Å². The van der Waals surface area contributed by atoms with E-state index < -0.39 is 0 Å². The van der Waals surface area contributed by atoms with Crippen molar-refractivity contribution in [1.82, 2.24) is 9.80 Å². The van der Waals surface area contributed by atoms with Crippen LogP contribution in [0.4, 0.5) is 0 Å². The molecule has 32 heavy (non-hydrogen) atoms. The molecule has 1 heterocycles. The van der Waals surface area contributed by atoms with Crippen LogP contribution in [-0.2, 0) is 4.79 Å². The molecule has 0 spiro atoms. The first-order chi connectivity index (χ1) is 15.3. The van der Waals surface area contributed by atoms with Gasteiger partial charge in [-0.3, -0.25) is 9.59 Å². The quantitative estimate of drug-likeness (QED) is 0.592. The maximum atomic E-state index is 13.4. The summed E-state index contributed by atoms with van der Waals surface area (Å²) in [4.78, 5) is 30.8. The molecule has 0 radical (unpaired) electrons. The van der Waals surface area contributed by atoms with Gasteiger partial charge in [-0.1, -0.05) is 52.2 Å². The van der Waals surface area contributed by atoms with Gasteiger partial charge in [-0.2, -0.15) is 0 Å². The molecule has 0 aromatic heterocycles. The fraction of sp³-hybridized carbons (Fsp3) is 0.704. The van der Waals surface area contributed by atoms with Crippen LogP contribution in [0, 0.1) is 5.41 Å². The lowest BCUT2D eigenvalue weighted by Gasteiger charge is -2.41. The number of carbonyl (C=O) groups excluding carboxylic acids is 2. The number of hydrogen-bond donors (Lipinski definition) is 0. The molecule has 0 unspecified atom stereocenters. The van der Waals surface area contributed by atoms with E-state index in [0.29, 0.717) is 24.3 Å². The highest BCUT2D eigenvalue weighted by Crippen LogP contribution is 2.32. The highest BCUT2D eigenvalue weighted by Gasteiger charge is 2.36. The van der Waals surface area contributed by atoms with Gasteiger partial charge in [0.2, 0.25) is 5.91 Å². The molecule has 2 atom stereocenters. The third-order valence-electron chi connectivity index (χ3n) is 6.71. The van der Waals surface area contributed by atoms with Crippen LogP contribution in [0.5, 0.6) is 5.75 Å². The first-order valence-corrected chi connectivity index (χ1v) is 12.6. The zero-order chi connectivity index (χ0) is 23.1. The van der Waals surface area contributed by atoms with Crippen LogP contribution in [0.15, 0.2) is 24.3 Å². The maximum Gasteiger partial charge on any atom is 0.257 e. The highest BCUT2D eigenvalue weighted by molar-refractivity contribution is 5.97. The van der Waals surface area contributed by atoms with Crippen molar-refractivity contribution in [2.75, 3.05) is 19.6 Å². The summed E-state index contributed by atoms with van der Waals surface area (Å²) in [5.74, 6) is 0.952. The Hall–Kier alpha value is -2.04. The first-order valence-electron chi connectivity index (χ1n) is 12.6. The lowest BCUT2D eigenvalue weighted by Crippen LogP contribution is -2.51. The van der Waals surface area contributed by atoms with Crippen molar-refractivity contribution in [1.29, 1.82) is 0 Å². The van der Waals surface area contributed by atoms with Gasteiger partial charge in [0.1, 0.15) is 11.9 Å². The average Bonchev–Trinajstić information content (AvgIpc) is 2.75. The summed E-state index contributed by atoms with van der Waals surface area (Å²) in [6.07, 6.45) is 8.75. The number of fused-ring (bicyclic) bond motifs is 2. The fourth-order valence-electron chi connectivity index (χ4n) is 5.02. The van der Waals surface area contributed by atoms with Gasteiger partial charge in [-0.25, -0.2) is 0 Å². The summed E-state index contributed by atoms with van der Waals surface area (Å²) in [7, 11) is 0. The smallest absolute Gasteiger partial charge is 0.257 e. The van der Waals surface area contributed by atoms with Crippen LogP contribution in [0.25, 0.3) is 0 Å². The van der Waals surface area contributed by atoms with Crippen molar-refractivity contribution in [2.24, 2.45) is 5.41 Å². The van der Waals surface area contributed by atoms with E-state index in [1.165, 1.54) is 0 Å². The van der Waals surface area contributed by atoms with Crippen molar-refractivity contribution < 1.29 is 14.3 Å². The molecule has 1 saturated carbocycles. The summed E-state index contributed by atoms with van der Waals surface area (Å²) in [5.41, 5.74) is 0.604. The Bertz CT molecular complexity index is 770. The van der Waals surface area contributed by atoms with E-state index in [-0.39, 0.29) is 29.4 Å². The summed E-state index contributed by atoms with van der Waals surface area (Å²) in [6.45, 7) is 10.7. The average molecular weight is 443 g/mol. The molecule has 1 aliphatic carbocycles. The van der Waals surface area contributed by atoms with Gasteiger partial charge in [0.15, 0.2) is 0 Å². The van der Waals surface area contributed by atoms with Gasteiger partial charge >= 0.3 is 0 Å². The zero-order valence-corrected chi connectivity index (χ0v) is 20.6. The van der Waals surface area contributed by atoms with Crippen LogP contribution in [0.1, 0.15) is 95.8 Å². The predicted molar refractivity (Wildman–Crippen MR) is 129 cm³/mol. The molecule has 1 fully saturated rings. The summed E-state index contributed by atoms with van der Waals surface area (Å²) in [5, 5.41) is 0. The SMILES string of the molecule is CCN1CCCCCCN(C(=O)CC(C)(C)C)[C@@H]2CCCC[C@@H]2Oc2ccccc2C1=O. The van der Waals surface area contributed by atoms with Crippen LogP contribution < -0.4 is 4.74 Å². The minimum atomic E-state index is -0.0698. The van der Waals surface area contributed by atoms with E-state index in [1.807, 2.05) is 36.1 Å². The molecule has 0 N–H and O–H groups in total. The van der Waals surface area contributed by atoms with Crippen LogP contribution in [0.2, 0.25) is 0 Å². The molecular weight excluding hydrogens is 400 g/mol. The van der Waals surface area contributed by atoms with E-state index in [2.05, 4.69) is 25.7 Å². The molecule has 0 bridgehead atoms. The van der Waals surface area contributed by atoms with Crippen molar-refractivity contribution in [3.05, 3.63) is 29.8 Å². The minimum absolute atomic E-state index is 0.0379. The topological polar surface area (TPSA) is 49.9 Å². The van der Waals surface area contributed by atoms with Crippen LogP contribution in [-0.4, -0.2) is 53.4 Å². The van der Waals surface area contributed by atoms with E-state index in [4.69, 9.17) is 4.74 Å². The molecule has 5 heteroatoms. The molecule has 1 aliphatic heterocycles. The minimum Gasteiger partial charge on any atom is -0.487 e. The molecule has 3 rings (SSSR count). The van der Waals surface area contributed by atoms with Crippen molar-refractivity contribution >= 4 is 11.8 Å². The number of benzene rings is 1. The summed E-state index contributed by atoms with van der Waals surface area (Å²) in [6, 6.07) is 7.72. The van der Waals surface area contributed by atoms with Gasteiger partial charge in [0.05, 0.1) is 11.6 Å². The highest BCUT2D eigenvalue weighted by atomic mass is 16.5. The number of rotatable bonds is 2. The summed E-state index contributed by atoms with van der Waals surface area (Å²) < 4.78 is 6.58. The Morgan fingerprint density at radius 2 is 1.69 bits per heavy atom. The van der Waals surface area contributed by atoms with Crippen molar-refractivity contribution in [3.8, 4) is 5.75 Å². The summed E-state index contributed by atoms with van der Waals surface area (Å²) >= 11 is 0. The first kappa shape index (κ1) is 24.6. The van der Waals surface area contributed by atoms with E-state index >= 15 is 0 Å². The second-order valence-electron chi connectivity index (χ2n) is 10.6. The third-order valence-corrected chi connectivity index (χ3v) is 6.71. The second-order valence-corrected chi connectivity index (χ2v) is 10.6. The molecule has 1 aromatic carbocycles. The fourth-order valence-corrected chi connectivity index (χ4v) is 5.02. The maximum absolute atomic E-state index is 13.4. The number of nitrogens with zero attached hydrogens (tertiary/aromatic N) is 2. The Balaban J connectivity index is 1.93. The standard InChI is InChI=1S/C27H42N2O3/c1-5-28-18-12-6-7-13-19-29(25(30)20-27(2,3)4)22-15-9-11-17-24(22)32-23-16-10-8-14-21(23)26(28)31/h8,10,14,16,22,24H,5-7,9,11-13,15,17-20H2,1-4H3/t22-,24+/m1/s1. The molecule has 178 valence electrons. The van der Waals surface area contributed by atoms with E-state index in [9.17, 15) is 9.59 Å². The van der Waals surface area contributed by atoms with Crippen molar-refractivity contribution in [2.45, 2.75) is 97.6 Å². The van der Waals surface area contributed by atoms with Gasteiger partial charge in [-0.15, -0.1) is 0 Å². The second kappa shape index (κ2) is 11.2. The molecule has 5 nitrogen and oxygen atoms in total. The van der Waals surface area contributed by atoms with E-state index in [0.717, 1.165) is 64.5 Å². The van der Waals surface area contributed by atoms with Crippen LogP contribution in [0.3, 0.4) is 0 Å². The lowest BCUT2D eigenvalue weighted by atomic mass is 9.88. The zero-order valence-electron chi connectivity index (χ0n) is 20.6. The normalized spacial score (nSPS) is 23.6. The Morgan fingerprint density at radius 3 is 2.41 bits per heavy atom. The molecule has 2 aliphatic rings. The number of para-hydroxylation sites is 1. The largest absolute Gasteiger partial charge is 0.487 e.